The van der Waals surface area contributed by atoms with Gasteiger partial charge < -0.3 is 14.8 Å². The predicted octanol–water partition coefficient (Wildman–Crippen LogP) is 3.58. The molecule has 5 rings (SSSR count). The van der Waals surface area contributed by atoms with Crippen molar-refractivity contribution in [2.24, 2.45) is 7.05 Å². The molecule has 0 amide bonds. The number of hydrogen-bond donors (Lipinski definition) is 1. The van der Waals surface area contributed by atoms with Gasteiger partial charge in [-0.05, 0) is 37.1 Å². The summed E-state index contributed by atoms with van der Waals surface area (Å²) in [5, 5.41) is 17.9. The van der Waals surface area contributed by atoms with E-state index in [-0.39, 0.29) is 0 Å². The largest absolute Gasteiger partial charge is 0.486 e. The number of thiophene rings is 1. The minimum absolute atomic E-state index is 0.590. The fraction of sp³-hybridized carbons (Fsp3) is 0.316. The third-order valence-corrected chi connectivity index (χ3v) is 6.00. The number of rotatable bonds is 3. The maximum atomic E-state index is 5.67. The summed E-state index contributed by atoms with van der Waals surface area (Å²) in [6, 6.07) is 6.02. The normalized spacial score (nSPS) is 13.4. The van der Waals surface area contributed by atoms with Gasteiger partial charge in [-0.2, -0.15) is 10.2 Å². The van der Waals surface area contributed by atoms with E-state index >= 15 is 0 Å². The Morgan fingerprint density at radius 3 is 2.81 bits per heavy atom. The summed E-state index contributed by atoms with van der Waals surface area (Å²) < 4.78 is 14.3. The molecule has 0 saturated carbocycles. The van der Waals surface area contributed by atoms with Crippen LogP contribution in [0.5, 0.6) is 11.5 Å². The highest BCUT2D eigenvalue weighted by atomic mass is 32.1. The van der Waals surface area contributed by atoms with Gasteiger partial charge in [0, 0.05) is 19.0 Å². The molecular weight excluding hydrogens is 362 g/mol. The Morgan fingerprint density at radius 1 is 1.15 bits per heavy atom. The molecule has 0 atom stereocenters. The molecule has 1 aliphatic heterocycles. The van der Waals surface area contributed by atoms with E-state index in [9.17, 15) is 0 Å². The number of aromatic nitrogens is 4. The SMILES string of the molecule is Cc1nnc2sc3c(NCc4ccc5c(c4)OCCO5)nn(C)c3c2c1C. The van der Waals surface area contributed by atoms with Crippen molar-refractivity contribution in [1.29, 1.82) is 0 Å². The van der Waals surface area contributed by atoms with Gasteiger partial charge in [-0.1, -0.05) is 6.07 Å². The molecule has 7 nitrogen and oxygen atoms in total. The second kappa shape index (κ2) is 6.09. The molecule has 0 bridgehead atoms. The van der Waals surface area contributed by atoms with Crippen LogP contribution < -0.4 is 14.8 Å². The van der Waals surface area contributed by atoms with Crippen molar-refractivity contribution < 1.29 is 9.47 Å². The first-order valence-corrected chi connectivity index (χ1v) is 9.65. The van der Waals surface area contributed by atoms with Crippen LogP contribution in [0.1, 0.15) is 16.8 Å². The summed E-state index contributed by atoms with van der Waals surface area (Å²) in [4.78, 5) is 0.948. The fourth-order valence-corrected chi connectivity index (χ4v) is 4.58. The van der Waals surface area contributed by atoms with Gasteiger partial charge in [0.2, 0.25) is 0 Å². The van der Waals surface area contributed by atoms with Gasteiger partial charge in [0.25, 0.3) is 0 Å². The molecule has 0 unspecified atom stereocenters. The summed E-state index contributed by atoms with van der Waals surface area (Å²) in [6.07, 6.45) is 0. The zero-order chi connectivity index (χ0) is 18.5. The molecule has 0 aliphatic carbocycles. The van der Waals surface area contributed by atoms with Crippen LogP contribution in [0.15, 0.2) is 18.2 Å². The number of benzene rings is 1. The van der Waals surface area contributed by atoms with E-state index < -0.39 is 0 Å². The molecule has 0 fully saturated rings. The minimum Gasteiger partial charge on any atom is -0.486 e. The Bertz CT molecular complexity index is 1180. The number of ether oxygens (including phenoxy) is 2. The smallest absolute Gasteiger partial charge is 0.166 e. The van der Waals surface area contributed by atoms with Crippen LogP contribution in [0.4, 0.5) is 5.82 Å². The van der Waals surface area contributed by atoms with Crippen LogP contribution in [0.3, 0.4) is 0 Å². The first-order valence-electron chi connectivity index (χ1n) is 8.83. The molecular formula is C19H19N5O2S. The van der Waals surface area contributed by atoms with E-state index in [0.29, 0.717) is 19.8 Å². The lowest BCUT2D eigenvalue weighted by Crippen LogP contribution is -2.15. The van der Waals surface area contributed by atoms with E-state index in [1.807, 2.05) is 36.9 Å². The van der Waals surface area contributed by atoms with Crippen molar-refractivity contribution in [3.05, 3.63) is 35.0 Å². The van der Waals surface area contributed by atoms with Crippen molar-refractivity contribution in [1.82, 2.24) is 20.0 Å². The lowest BCUT2D eigenvalue weighted by atomic mass is 10.1. The maximum absolute atomic E-state index is 5.67. The van der Waals surface area contributed by atoms with E-state index in [0.717, 1.165) is 54.6 Å². The van der Waals surface area contributed by atoms with Crippen molar-refractivity contribution in [2.75, 3.05) is 18.5 Å². The maximum Gasteiger partial charge on any atom is 0.166 e. The zero-order valence-electron chi connectivity index (χ0n) is 15.4. The molecule has 138 valence electrons. The average molecular weight is 381 g/mol. The van der Waals surface area contributed by atoms with E-state index in [2.05, 4.69) is 27.5 Å². The molecule has 0 spiro atoms. The Labute approximate surface area is 159 Å². The van der Waals surface area contributed by atoms with Gasteiger partial charge >= 0.3 is 0 Å². The first-order chi connectivity index (χ1) is 13.1. The minimum atomic E-state index is 0.590. The molecule has 1 aliphatic rings. The van der Waals surface area contributed by atoms with Gasteiger partial charge in [0.1, 0.15) is 18.0 Å². The average Bonchev–Trinajstić information content (AvgIpc) is 3.21. The number of aryl methyl sites for hydroxylation is 3. The number of nitrogens with one attached hydrogen (secondary N) is 1. The highest BCUT2D eigenvalue weighted by molar-refractivity contribution is 7.26. The summed E-state index contributed by atoms with van der Waals surface area (Å²) in [5.41, 5.74) is 4.34. The van der Waals surface area contributed by atoms with Crippen LogP contribution in [0, 0.1) is 13.8 Å². The van der Waals surface area contributed by atoms with Crippen LogP contribution >= 0.6 is 11.3 Å². The number of nitrogens with zero attached hydrogens (tertiary/aromatic N) is 4. The fourth-order valence-electron chi connectivity index (χ4n) is 3.41. The second-order valence-corrected chi connectivity index (χ2v) is 7.67. The number of fused-ring (bicyclic) bond motifs is 4. The van der Waals surface area contributed by atoms with Crippen LogP contribution in [0.25, 0.3) is 20.4 Å². The summed E-state index contributed by atoms with van der Waals surface area (Å²) in [6.45, 7) is 5.92. The Hall–Kier alpha value is -2.87. The highest BCUT2D eigenvalue weighted by Gasteiger charge is 2.19. The first kappa shape index (κ1) is 16.3. The molecule has 4 aromatic rings. The van der Waals surface area contributed by atoms with Crippen molar-refractivity contribution in [3.63, 3.8) is 0 Å². The lowest BCUT2D eigenvalue weighted by molar-refractivity contribution is 0.171. The molecule has 1 N–H and O–H groups in total. The quantitative estimate of drug-likeness (QED) is 0.585. The summed E-state index contributed by atoms with van der Waals surface area (Å²) in [5.74, 6) is 2.47. The summed E-state index contributed by atoms with van der Waals surface area (Å²) in [7, 11) is 1.97. The third-order valence-electron chi connectivity index (χ3n) is 4.93. The molecule has 27 heavy (non-hydrogen) atoms. The van der Waals surface area contributed by atoms with Crippen molar-refractivity contribution in [3.8, 4) is 11.5 Å². The summed E-state index contributed by atoms with van der Waals surface area (Å²) >= 11 is 1.63. The standard InChI is InChI=1S/C19H19N5O2S/c1-10-11(2)21-22-19-15(10)16-17(27-19)18(23-24(16)3)20-9-12-4-5-13-14(8-12)26-7-6-25-13/h4-5,8H,6-7,9H2,1-3H3,(H,20,23). The van der Waals surface area contributed by atoms with E-state index in [1.165, 1.54) is 0 Å². The molecule has 4 heterocycles. The van der Waals surface area contributed by atoms with Crippen molar-refractivity contribution in [2.45, 2.75) is 20.4 Å². The van der Waals surface area contributed by atoms with Gasteiger partial charge in [-0.25, -0.2) is 0 Å². The number of anilines is 1. The molecule has 8 heteroatoms. The van der Waals surface area contributed by atoms with Gasteiger partial charge in [0.05, 0.1) is 15.9 Å². The van der Waals surface area contributed by atoms with E-state index in [4.69, 9.17) is 9.47 Å². The monoisotopic (exact) mass is 381 g/mol. The third kappa shape index (κ3) is 2.59. The highest BCUT2D eigenvalue weighted by Crippen LogP contribution is 2.39. The topological polar surface area (TPSA) is 74.1 Å². The predicted molar refractivity (Wildman–Crippen MR) is 106 cm³/mol. The zero-order valence-corrected chi connectivity index (χ0v) is 16.2. The van der Waals surface area contributed by atoms with E-state index in [1.54, 1.807) is 11.3 Å². The van der Waals surface area contributed by atoms with Crippen LogP contribution in [0.2, 0.25) is 0 Å². The van der Waals surface area contributed by atoms with Crippen LogP contribution in [-0.4, -0.2) is 33.2 Å². The van der Waals surface area contributed by atoms with Gasteiger partial charge in [0.15, 0.2) is 17.3 Å². The van der Waals surface area contributed by atoms with Gasteiger partial charge in [-0.3, -0.25) is 4.68 Å². The second-order valence-electron chi connectivity index (χ2n) is 6.67. The Kier molecular flexibility index (Phi) is 3.68. The Balaban J connectivity index is 1.50. The Morgan fingerprint density at radius 2 is 1.96 bits per heavy atom. The van der Waals surface area contributed by atoms with Gasteiger partial charge in [-0.15, -0.1) is 16.4 Å². The number of hydrogen-bond acceptors (Lipinski definition) is 7. The molecule has 3 aromatic heterocycles. The van der Waals surface area contributed by atoms with Crippen LogP contribution in [-0.2, 0) is 13.6 Å². The molecule has 1 aromatic carbocycles. The molecule has 0 saturated heterocycles. The molecule has 0 radical (unpaired) electrons. The lowest BCUT2D eigenvalue weighted by Gasteiger charge is -2.18. The van der Waals surface area contributed by atoms with Crippen molar-refractivity contribution >= 4 is 37.6 Å².